The van der Waals surface area contributed by atoms with Crippen LogP contribution in [0, 0.1) is 0 Å². The molecule has 0 N–H and O–H groups in total. The fourth-order valence-corrected chi connectivity index (χ4v) is 4.95. The zero-order valence-corrected chi connectivity index (χ0v) is 20.4. The van der Waals surface area contributed by atoms with E-state index in [1.54, 1.807) is 60.5 Å². The molecule has 3 atom stereocenters. The predicted molar refractivity (Wildman–Crippen MR) is 129 cm³/mol. The van der Waals surface area contributed by atoms with Gasteiger partial charge in [0.15, 0.2) is 9.84 Å². The van der Waals surface area contributed by atoms with Crippen molar-refractivity contribution in [1.82, 2.24) is 4.90 Å². The molecule has 1 amide bonds. The Hall–Kier alpha value is -2.38. The van der Waals surface area contributed by atoms with Crippen LogP contribution in [0.5, 0.6) is 0 Å². The topological polar surface area (TPSA) is 63.7 Å². The summed E-state index contributed by atoms with van der Waals surface area (Å²) in [5.74, 6) is -0.146. The summed E-state index contributed by atoms with van der Waals surface area (Å²) in [7, 11) is -1.52. The first-order chi connectivity index (χ1) is 15.6. The Morgan fingerprint density at radius 3 is 1.88 bits per heavy atom. The molecule has 1 aliphatic heterocycles. The lowest BCUT2D eigenvalue weighted by atomic mass is 9.91. The number of likely N-dealkylation sites (N-methyl/N-ethyl adjacent to an activating group) is 1. The van der Waals surface area contributed by atoms with Crippen molar-refractivity contribution in [3.05, 3.63) is 99.5 Å². The maximum absolute atomic E-state index is 13.3. The zero-order valence-electron chi connectivity index (χ0n) is 18.1. The maximum atomic E-state index is 13.3. The predicted octanol–water partition coefficient (Wildman–Crippen LogP) is 5.28. The fourth-order valence-electron chi connectivity index (χ4n) is 4.07. The SMILES string of the molecule is CN1C(=O)[C@@H](Cc2ccc(S(C)(=O)=O)cc2)O[C@H](c2ccc(Cl)cc2)[C@@H]1c1ccc(Cl)cc1. The summed E-state index contributed by atoms with van der Waals surface area (Å²) in [4.78, 5) is 15.2. The number of nitrogens with zero attached hydrogens (tertiary/aromatic N) is 1. The fraction of sp³-hybridized carbons (Fsp3) is 0.240. The van der Waals surface area contributed by atoms with Gasteiger partial charge in [0, 0.05) is 29.8 Å². The number of carbonyl (C=O) groups excluding carboxylic acids is 1. The van der Waals surface area contributed by atoms with E-state index in [2.05, 4.69) is 0 Å². The largest absolute Gasteiger partial charge is 0.358 e. The number of benzene rings is 3. The van der Waals surface area contributed by atoms with E-state index in [-0.39, 0.29) is 16.8 Å². The quantitative estimate of drug-likeness (QED) is 0.475. The lowest BCUT2D eigenvalue weighted by Crippen LogP contribution is -2.49. The van der Waals surface area contributed by atoms with Crippen molar-refractivity contribution in [2.75, 3.05) is 13.3 Å². The van der Waals surface area contributed by atoms with Crippen LogP contribution in [0.3, 0.4) is 0 Å². The van der Waals surface area contributed by atoms with E-state index in [9.17, 15) is 13.2 Å². The Balaban J connectivity index is 1.66. The van der Waals surface area contributed by atoms with Crippen LogP contribution < -0.4 is 0 Å². The molecule has 1 fully saturated rings. The van der Waals surface area contributed by atoms with Gasteiger partial charge in [0.25, 0.3) is 5.91 Å². The second-order valence-electron chi connectivity index (χ2n) is 8.16. The van der Waals surface area contributed by atoms with Crippen molar-refractivity contribution in [2.24, 2.45) is 0 Å². The van der Waals surface area contributed by atoms with Crippen LogP contribution in [0.2, 0.25) is 10.0 Å². The van der Waals surface area contributed by atoms with Crippen LogP contribution >= 0.6 is 23.2 Å². The number of halogens is 2. The molecule has 4 rings (SSSR count). The summed E-state index contributed by atoms with van der Waals surface area (Å²) in [6, 6.07) is 21.0. The average molecular weight is 504 g/mol. The molecule has 0 unspecified atom stereocenters. The van der Waals surface area contributed by atoms with Crippen molar-refractivity contribution in [1.29, 1.82) is 0 Å². The number of rotatable bonds is 5. The van der Waals surface area contributed by atoms with Crippen LogP contribution in [0.25, 0.3) is 0 Å². The highest BCUT2D eigenvalue weighted by atomic mass is 35.5. The number of sulfone groups is 1. The first-order valence-corrected chi connectivity index (χ1v) is 13.0. The highest BCUT2D eigenvalue weighted by molar-refractivity contribution is 7.90. The van der Waals surface area contributed by atoms with E-state index in [4.69, 9.17) is 27.9 Å². The third-order valence-corrected chi connectivity index (χ3v) is 7.45. The molecule has 0 saturated carbocycles. The summed E-state index contributed by atoms with van der Waals surface area (Å²) in [5, 5.41) is 1.23. The maximum Gasteiger partial charge on any atom is 0.252 e. The summed E-state index contributed by atoms with van der Waals surface area (Å²) in [6.07, 6.45) is 0.345. The monoisotopic (exact) mass is 503 g/mol. The minimum atomic E-state index is -3.29. The van der Waals surface area contributed by atoms with Gasteiger partial charge >= 0.3 is 0 Å². The number of hydrogen-bond donors (Lipinski definition) is 0. The normalized spacial score (nSPS) is 21.3. The Morgan fingerprint density at radius 1 is 0.848 bits per heavy atom. The van der Waals surface area contributed by atoms with E-state index < -0.39 is 22.0 Å². The standard InChI is InChI=1S/C25H23Cl2NO4S/c1-28-23(17-5-9-19(26)10-6-17)24(18-7-11-20(27)12-8-18)32-22(25(28)29)15-16-3-13-21(14-4-16)33(2,30)31/h3-14,22-24H,15H2,1-2H3/t22-,23+,24-/m1/s1. The van der Waals surface area contributed by atoms with Crippen LogP contribution in [-0.4, -0.2) is 38.6 Å². The number of hydrogen-bond acceptors (Lipinski definition) is 4. The van der Waals surface area contributed by atoms with Crippen molar-refractivity contribution in [3.8, 4) is 0 Å². The number of morpholine rings is 1. The Kier molecular flexibility index (Phi) is 6.82. The molecule has 0 bridgehead atoms. The van der Waals surface area contributed by atoms with Gasteiger partial charge in [-0.3, -0.25) is 4.79 Å². The Labute approximate surface area is 203 Å². The second-order valence-corrected chi connectivity index (χ2v) is 11.1. The van der Waals surface area contributed by atoms with Crippen LogP contribution in [0.15, 0.2) is 77.7 Å². The molecule has 0 radical (unpaired) electrons. The highest BCUT2D eigenvalue weighted by Gasteiger charge is 2.42. The number of carbonyl (C=O) groups is 1. The molecular formula is C25H23Cl2NO4S. The smallest absolute Gasteiger partial charge is 0.252 e. The third-order valence-electron chi connectivity index (χ3n) is 5.82. The Morgan fingerprint density at radius 2 is 1.36 bits per heavy atom. The third kappa shape index (κ3) is 5.25. The molecule has 33 heavy (non-hydrogen) atoms. The molecule has 1 heterocycles. The first kappa shape index (κ1) is 23.8. The highest BCUT2D eigenvalue weighted by Crippen LogP contribution is 2.42. The second kappa shape index (κ2) is 9.47. The molecule has 1 aliphatic rings. The van der Waals surface area contributed by atoms with Crippen LogP contribution in [0.1, 0.15) is 28.8 Å². The summed E-state index contributed by atoms with van der Waals surface area (Å²) in [5.41, 5.74) is 2.62. The molecule has 1 saturated heterocycles. The molecule has 0 spiro atoms. The van der Waals surface area contributed by atoms with E-state index in [1.165, 1.54) is 6.26 Å². The summed E-state index contributed by atoms with van der Waals surface area (Å²) >= 11 is 12.2. The van der Waals surface area contributed by atoms with E-state index >= 15 is 0 Å². The van der Waals surface area contributed by atoms with E-state index in [0.29, 0.717) is 16.5 Å². The first-order valence-electron chi connectivity index (χ1n) is 10.4. The zero-order chi connectivity index (χ0) is 23.8. The molecule has 3 aromatic carbocycles. The van der Waals surface area contributed by atoms with Gasteiger partial charge in [-0.2, -0.15) is 0 Å². The van der Waals surface area contributed by atoms with Crippen molar-refractivity contribution >= 4 is 38.9 Å². The van der Waals surface area contributed by atoms with E-state index in [1.807, 2.05) is 24.3 Å². The minimum absolute atomic E-state index is 0.146. The lowest BCUT2D eigenvalue weighted by molar-refractivity contribution is -0.171. The summed E-state index contributed by atoms with van der Waals surface area (Å²) < 4.78 is 29.9. The van der Waals surface area contributed by atoms with Gasteiger partial charge in [0.1, 0.15) is 12.2 Å². The van der Waals surface area contributed by atoms with Crippen molar-refractivity contribution < 1.29 is 17.9 Å². The summed E-state index contributed by atoms with van der Waals surface area (Å²) in [6.45, 7) is 0. The van der Waals surface area contributed by atoms with Crippen LogP contribution in [-0.2, 0) is 25.8 Å². The molecular weight excluding hydrogens is 481 g/mol. The van der Waals surface area contributed by atoms with Gasteiger partial charge in [-0.25, -0.2) is 8.42 Å². The van der Waals surface area contributed by atoms with Crippen molar-refractivity contribution in [3.63, 3.8) is 0 Å². The molecule has 172 valence electrons. The van der Waals surface area contributed by atoms with Crippen molar-refractivity contribution in [2.45, 2.75) is 29.6 Å². The van der Waals surface area contributed by atoms with Gasteiger partial charge in [-0.1, -0.05) is 59.6 Å². The van der Waals surface area contributed by atoms with E-state index in [0.717, 1.165) is 16.7 Å². The molecule has 0 aliphatic carbocycles. The van der Waals surface area contributed by atoms with Gasteiger partial charge < -0.3 is 9.64 Å². The van der Waals surface area contributed by atoms with Crippen LogP contribution in [0.4, 0.5) is 0 Å². The molecule has 8 heteroatoms. The lowest BCUT2D eigenvalue weighted by Gasteiger charge is -2.43. The molecule has 5 nitrogen and oxygen atoms in total. The van der Waals surface area contributed by atoms with Gasteiger partial charge in [0.05, 0.1) is 10.9 Å². The number of ether oxygens (including phenoxy) is 1. The van der Waals surface area contributed by atoms with Gasteiger partial charge in [-0.15, -0.1) is 0 Å². The minimum Gasteiger partial charge on any atom is -0.358 e. The molecule has 0 aromatic heterocycles. The van der Waals surface area contributed by atoms with Gasteiger partial charge in [0.2, 0.25) is 0 Å². The average Bonchev–Trinajstić information content (AvgIpc) is 2.78. The van der Waals surface area contributed by atoms with Gasteiger partial charge in [-0.05, 0) is 53.1 Å². The Bertz CT molecular complexity index is 1240. The number of amides is 1. The molecule has 3 aromatic rings.